The summed E-state index contributed by atoms with van der Waals surface area (Å²) in [7, 11) is 1.58. The average molecular weight is 373 g/mol. The Hall–Kier alpha value is -2.75. The zero-order valence-corrected chi connectivity index (χ0v) is 15.4. The molecule has 4 heterocycles. The van der Waals surface area contributed by atoms with Crippen LogP contribution in [0.5, 0.6) is 5.88 Å². The van der Waals surface area contributed by atoms with Crippen molar-refractivity contribution in [3.05, 3.63) is 34.5 Å². The van der Waals surface area contributed by atoms with E-state index in [9.17, 15) is 4.79 Å². The molecule has 1 aliphatic heterocycles. The Labute approximate surface area is 153 Å². The van der Waals surface area contributed by atoms with Gasteiger partial charge < -0.3 is 14.5 Å². The van der Waals surface area contributed by atoms with Gasteiger partial charge in [-0.25, -0.2) is 4.98 Å². The Balaban J connectivity index is 1.52. The molecule has 1 saturated heterocycles. The first-order valence-corrected chi connectivity index (χ1v) is 9.25. The lowest BCUT2D eigenvalue weighted by Gasteiger charge is -2.34. The number of fused-ring (bicyclic) bond motifs is 1. The van der Waals surface area contributed by atoms with Crippen LogP contribution >= 0.6 is 11.3 Å². The van der Waals surface area contributed by atoms with E-state index in [1.54, 1.807) is 25.6 Å². The number of nitrogens with zero attached hydrogens (tertiary/aromatic N) is 7. The molecule has 0 aromatic carbocycles. The number of aromatic nitrogens is 5. The van der Waals surface area contributed by atoms with Crippen LogP contribution in [-0.4, -0.2) is 57.9 Å². The predicted molar refractivity (Wildman–Crippen MR) is 99.5 cm³/mol. The Morgan fingerprint density at radius 2 is 1.92 bits per heavy atom. The number of hydrogen-bond donors (Lipinski definition) is 0. The third-order valence-corrected chi connectivity index (χ3v) is 5.30. The molecule has 10 heteroatoms. The van der Waals surface area contributed by atoms with E-state index in [0.29, 0.717) is 10.8 Å². The maximum Gasteiger partial charge on any atom is 0.275 e. The van der Waals surface area contributed by atoms with Gasteiger partial charge in [0.25, 0.3) is 5.56 Å². The van der Waals surface area contributed by atoms with Crippen molar-refractivity contribution in [2.45, 2.75) is 13.3 Å². The van der Waals surface area contributed by atoms with Crippen molar-refractivity contribution in [2.24, 2.45) is 0 Å². The fourth-order valence-electron chi connectivity index (χ4n) is 2.87. The number of hydrogen-bond acceptors (Lipinski definition) is 9. The van der Waals surface area contributed by atoms with Gasteiger partial charge in [0.2, 0.25) is 16.0 Å². The minimum Gasteiger partial charge on any atom is -0.480 e. The molecule has 1 aliphatic rings. The molecule has 3 aromatic rings. The van der Waals surface area contributed by atoms with Crippen molar-refractivity contribution in [3.63, 3.8) is 0 Å². The molecule has 1 fully saturated rings. The Morgan fingerprint density at radius 1 is 1.15 bits per heavy atom. The molecule has 0 N–H and O–H groups in total. The van der Waals surface area contributed by atoms with Crippen LogP contribution in [0.25, 0.3) is 4.96 Å². The van der Waals surface area contributed by atoms with E-state index in [0.717, 1.165) is 49.2 Å². The SMILES string of the molecule is CCc1cc(=O)n2nc(N3CCN(c4cncc(OC)n4)CC3)sc2n1. The lowest BCUT2D eigenvalue weighted by atomic mass is 10.3. The van der Waals surface area contributed by atoms with Gasteiger partial charge in [0, 0.05) is 37.9 Å². The number of aryl methyl sites for hydroxylation is 1. The largest absolute Gasteiger partial charge is 0.480 e. The maximum absolute atomic E-state index is 12.2. The topological polar surface area (TPSA) is 88.8 Å². The summed E-state index contributed by atoms with van der Waals surface area (Å²) < 4.78 is 6.53. The van der Waals surface area contributed by atoms with Gasteiger partial charge in [-0.15, -0.1) is 5.10 Å². The number of piperazine rings is 1. The first kappa shape index (κ1) is 16.7. The fourth-order valence-corrected chi connectivity index (χ4v) is 3.85. The highest BCUT2D eigenvalue weighted by molar-refractivity contribution is 7.20. The number of rotatable bonds is 4. The maximum atomic E-state index is 12.2. The lowest BCUT2D eigenvalue weighted by Crippen LogP contribution is -2.47. The smallest absolute Gasteiger partial charge is 0.275 e. The molecule has 0 aliphatic carbocycles. The first-order valence-electron chi connectivity index (χ1n) is 8.43. The Bertz CT molecular complexity index is 978. The summed E-state index contributed by atoms with van der Waals surface area (Å²) in [6.07, 6.45) is 4.07. The second-order valence-electron chi connectivity index (χ2n) is 5.91. The van der Waals surface area contributed by atoms with Crippen molar-refractivity contribution in [3.8, 4) is 5.88 Å². The van der Waals surface area contributed by atoms with E-state index in [4.69, 9.17) is 4.74 Å². The minimum absolute atomic E-state index is 0.125. The predicted octanol–water partition coefficient (Wildman–Crippen LogP) is 0.839. The van der Waals surface area contributed by atoms with Crippen LogP contribution in [0.4, 0.5) is 10.9 Å². The first-order chi connectivity index (χ1) is 12.7. The molecule has 0 amide bonds. The van der Waals surface area contributed by atoms with Gasteiger partial charge in [-0.2, -0.15) is 9.50 Å². The quantitative estimate of drug-likeness (QED) is 0.665. The Kier molecular flexibility index (Phi) is 4.41. The summed E-state index contributed by atoms with van der Waals surface area (Å²) >= 11 is 1.45. The van der Waals surface area contributed by atoms with Crippen LogP contribution in [0.3, 0.4) is 0 Å². The van der Waals surface area contributed by atoms with Gasteiger partial charge in [0.05, 0.1) is 19.5 Å². The second kappa shape index (κ2) is 6.87. The molecule has 0 saturated carbocycles. The van der Waals surface area contributed by atoms with E-state index in [-0.39, 0.29) is 5.56 Å². The molecule has 0 radical (unpaired) electrons. The second-order valence-corrected chi connectivity index (χ2v) is 6.85. The van der Waals surface area contributed by atoms with E-state index in [1.165, 1.54) is 15.9 Å². The third-order valence-electron chi connectivity index (χ3n) is 4.33. The highest BCUT2D eigenvalue weighted by Gasteiger charge is 2.22. The standard InChI is InChI=1S/C16H19N7O2S/c1-3-11-8-14(24)23-15(18-11)26-16(20-23)22-6-4-21(5-7-22)12-9-17-10-13(19-12)25-2/h8-10H,3-7H2,1-2H3. The van der Waals surface area contributed by atoms with Gasteiger partial charge in [0.1, 0.15) is 0 Å². The van der Waals surface area contributed by atoms with Crippen LogP contribution in [0.2, 0.25) is 0 Å². The van der Waals surface area contributed by atoms with Crippen LogP contribution in [-0.2, 0) is 6.42 Å². The van der Waals surface area contributed by atoms with Gasteiger partial charge in [-0.1, -0.05) is 18.3 Å². The summed E-state index contributed by atoms with van der Waals surface area (Å²) in [6.45, 7) is 5.14. The summed E-state index contributed by atoms with van der Waals surface area (Å²) in [5.41, 5.74) is 0.672. The molecule has 0 spiro atoms. The van der Waals surface area contributed by atoms with Gasteiger partial charge in [-0.05, 0) is 6.42 Å². The zero-order chi connectivity index (χ0) is 18.1. The Morgan fingerprint density at radius 3 is 2.65 bits per heavy atom. The molecule has 0 bridgehead atoms. The molecule has 136 valence electrons. The van der Waals surface area contributed by atoms with Gasteiger partial charge >= 0.3 is 0 Å². The molecule has 26 heavy (non-hydrogen) atoms. The van der Waals surface area contributed by atoms with Crippen molar-refractivity contribution in [1.29, 1.82) is 0 Å². The van der Waals surface area contributed by atoms with Crippen molar-refractivity contribution in [2.75, 3.05) is 43.1 Å². The van der Waals surface area contributed by atoms with Gasteiger partial charge in [-0.3, -0.25) is 9.78 Å². The molecule has 0 atom stereocenters. The van der Waals surface area contributed by atoms with E-state index in [1.807, 2.05) is 6.92 Å². The van der Waals surface area contributed by atoms with Crippen molar-refractivity contribution >= 4 is 27.2 Å². The molecular formula is C16H19N7O2S. The van der Waals surface area contributed by atoms with Crippen molar-refractivity contribution < 1.29 is 4.74 Å². The molecular weight excluding hydrogens is 354 g/mol. The lowest BCUT2D eigenvalue weighted by molar-refractivity contribution is 0.395. The fraction of sp³-hybridized carbons (Fsp3) is 0.438. The average Bonchev–Trinajstić information content (AvgIpc) is 3.13. The molecule has 3 aromatic heterocycles. The summed E-state index contributed by atoms with van der Waals surface area (Å²) in [6, 6.07) is 1.55. The van der Waals surface area contributed by atoms with Crippen LogP contribution < -0.4 is 20.1 Å². The van der Waals surface area contributed by atoms with Crippen LogP contribution in [0.15, 0.2) is 23.3 Å². The highest BCUT2D eigenvalue weighted by Crippen LogP contribution is 2.24. The minimum atomic E-state index is -0.125. The molecule has 4 rings (SSSR count). The number of methoxy groups -OCH3 is 1. The third kappa shape index (κ3) is 3.07. The summed E-state index contributed by atoms with van der Waals surface area (Å²) in [5, 5.41) is 5.27. The van der Waals surface area contributed by atoms with E-state index < -0.39 is 0 Å². The number of ether oxygens (including phenoxy) is 1. The molecule has 0 unspecified atom stereocenters. The molecule has 9 nitrogen and oxygen atoms in total. The zero-order valence-electron chi connectivity index (χ0n) is 14.6. The van der Waals surface area contributed by atoms with Crippen LogP contribution in [0.1, 0.15) is 12.6 Å². The van der Waals surface area contributed by atoms with E-state index in [2.05, 4.69) is 29.9 Å². The monoisotopic (exact) mass is 373 g/mol. The summed E-state index contributed by atoms with van der Waals surface area (Å²) in [4.78, 5) is 30.2. The van der Waals surface area contributed by atoms with Crippen LogP contribution in [0, 0.1) is 0 Å². The summed E-state index contributed by atoms with van der Waals surface area (Å²) in [5.74, 6) is 1.31. The normalized spacial score (nSPS) is 14.8. The number of anilines is 2. The highest BCUT2D eigenvalue weighted by atomic mass is 32.1. The van der Waals surface area contributed by atoms with Crippen molar-refractivity contribution in [1.82, 2.24) is 24.6 Å². The van der Waals surface area contributed by atoms with Gasteiger partial charge in [0.15, 0.2) is 5.82 Å². The van der Waals surface area contributed by atoms with E-state index >= 15 is 0 Å².